The molecule has 0 unspecified atom stereocenters. The van der Waals surface area contributed by atoms with Crippen LogP contribution in [0.2, 0.25) is 5.02 Å². The summed E-state index contributed by atoms with van der Waals surface area (Å²) in [6, 6.07) is 2.46. The number of hydrogen-bond donors (Lipinski definition) is 3. The summed E-state index contributed by atoms with van der Waals surface area (Å²) >= 11 is 5.67. The highest BCUT2D eigenvalue weighted by Gasteiger charge is 2.11. The molecule has 0 radical (unpaired) electrons. The SMILES string of the molecule is O=C(O)CCC(=O)NC(=O)Nc1ccc(F)cc1Cl. The van der Waals surface area contributed by atoms with E-state index in [0.29, 0.717) is 0 Å². The van der Waals surface area contributed by atoms with Gasteiger partial charge in [0.1, 0.15) is 5.82 Å². The molecule has 1 rings (SSSR count). The second kappa shape index (κ2) is 6.69. The number of carbonyl (C=O) groups is 3. The Labute approximate surface area is 112 Å². The molecule has 0 spiro atoms. The van der Waals surface area contributed by atoms with E-state index in [1.807, 2.05) is 5.32 Å². The van der Waals surface area contributed by atoms with E-state index in [1.165, 1.54) is 6.07 Å². The summed E-state index contributed by atoms with van der Waals surface area (Å²) in [5, 5.41) is 12.5. The first-order chi connectivity index (χ1) is 8.88. The first kappa shape index (κ1) is 14.9. The molecule has 1 aromatic rings. The third kappa shape index (κ3) is 5.35. The van der Waals surface area contributed by atoms with E-state index in [9.17, 15) is 18.8 Å². The van der Waals surface area contributed by atoms with Gasteiger partial charge in [0.25, 0.3) is 0 Å². The lowest BCUT2D eigenvalue weighted by atomic mass is 10.3. The number of imide groups is 1. The van der Waals surface area contributed by atoms with Gasteiger partial charge in [-0.2, -0.15) is 0 Å². The first-order valence-electron chi connectivity index (χ1n) is 5.16. The lowest BCUT2D eigenvalue weighted by Crippen LogP contribution is -2.34. The van der Waals surface area contributed by atoms with Gasteiger partial charge < -0.3 is 10.4 Å². The van der Waals surface area contributed by atoms with Crippen molar-refractivity contribution in [3.63, 3.8) is 0 Å². The average molecular weight is 289 g/mol. The van der Waals surface area contributed by atoms with Gasteiger partial charge in [0.2, 0.25) is 5.91 Å². The maximum atomic E-state index is 12.7. The van der Waals surface area contributed by atoms with Crippen LogP contribution in [0.15, 0.2) is 18.2 Å². The van der Waals surface area contributed by atoms with E-state index in [2.05, 4.69) is 5.32 Å². The minimum atomic E-state index is -1.14. The van der Waals surface area contributed by atoms with Crippen LogP contribution in [0.4, 0.5) is 14.9 Å². The molecule has 19 heavy (non-hydrogen) atoms. The van der Waals surface area contributed by atoms with Crippen LogP contribution in [-0.2, 0) is 9.59 Å². The molecule has 0 fully saturated rings. The smallest absolute Gasteiger partial charge is 0.325 e. The first-order valence-corrected chi connectivity index (χ1v) is 5.54. The lowest BCUT2D eigenvalue weighted by Gasteiger charge is -2.07. The maximum absolute atomic E-state index is 12.7. The second-order valence-corrected chi connectivity index (χ2v) is 3.93. The average Bonchev–Trinajstić information content (AvgIpc) is 2.30. The van der Waals surface area contributed by atoms with Crippen molar-refractivity contribution < 1.29 is 23.9 Å². The van der Waals surface area contributed by atoms with Gasteiger partial charge in [0.05, 0.1) is 17.1 Å². The van der Waals surface area contributed by atoms with Crippen LogP contribution in [0, 0.1) is 5.82 Å². The van der Waals surface area contributed by atoms with Crippen LogP contribution in [0.3, 0.4) is 0 Å². The highest BCUT2D eigenvalue weighted by molar-refractivity contribution is 6.33. The number of carbonyl (C=O) groups excluding carboxylic acids is 2. The van der Waals surface area contributed by atoms with Crippen molar-refractivity contribution in [3.8, 4) is 0 Å². The highest BCUT2D eigenvalue weighted by Crippen LogP contribution is 2.22. The van der Waals surface area contributed by atoms with Gasteiger partial charge in [0, 0.05) is 6.42 Å². The van der Waals surface area contributed by atoms with Crippen molar-refractivity contribution in [1.82, 2.24) is 5.32 Å². The van der Waals surface area contributed by atoms with E-state index in [4.69, 9.17) is 16.7 Å². The van der Waals surface area contributed by atoms with Crippen molar-refractivity contribution in [2.75, 3.05) is 5.32 Å². The predicted octanol–water partition coefficient (Wildman–Crippen LogP) is 1.99. The number of rotatable bonds is 4. The van der Waals surface area contributed by atoms with Gasteiger partial charge in [-0.15, -0.1) is 0 Å². The minimum absolute atomic E-state index is 0.0202. The Kier molecular flexibility index (Phi) is 5.25. The molecule has 0 aliphatic heterocycles. The Hall–Kier alpha value is -2.15. The lowest BCUT2D eigenvalue weighted by molar-refractivity contribution is -0.138. The molecule has 0 atom stereocenters. The zero-order valence-electron chi connectivity index (χ0n) is 9.57. The van der Waals surface area contributed by atoms with Crippen molar-refractivity contribution in [3.05, 3.63) is 29.0 Å². The molecule has 0 heterocycles. The van der Waals surface area contributed by atoms with E-state index in [-0.39, 0.29) is 23.6 Å². The van der Waals surface area contributed by atoms with Crippen molar-refractivity contribution in [2.45, 2.75) is 12.8 Å². The number of amides is 3. The number of hydrogen-bond acceptors (Lipinski definition) is 3. The van der Waals surface area contributed by atoms with Crippen molar-refractivity contribution in [1.29, 1.82) is 0 Å². The summed E-state index contributed by atoms with van der Waals surface area (Å²) in [6.07, 6.45) is -0.698. The van der Waals surface area contributed by atoms with E-state index < -0.39 is 23.7 Å². The Morgan fingerprint density at radius 1 is 1.26 bits per heavy atom. The quantitative estimate of drug-likeness (QED) is 0.789. The van der Waals surface area contributed by atoms with Crippen molar-refractivity contribution in [2.24, 2.45) is 0 Å². The van der Waals surface area contributed by atoms with Gasteiger partial charge in [-0.1, -0.05) is 11.6 Å². The number of anilines is 1. The third-order valence-corrected chi connectivity index (χ3v) is 2.31. The molecule has 0 bridgehead atoms. The number of nitrogens with one attached hydrogen (secondary N) is 2. The summed E-state index contributed by atoms with van der Waals surface area (Å²) in [5.41, 5.74) is 0.131. The number of carboxylic acids is 1. The van der Waals surface area contributed by atoms with E-state index >= 15 is 0 Å². The van der Waals surface area contributed by atoms with Crippen molar-refractivity contribution >= 4 is 35.2 Å². The molecule has 0 aliphatic carbocycles. The normalized spacial score (nSPS) is 9.79. The number of urea groups is 1. The van der Waals surface area contributed by atoms with Gasteiger partial charge >= 0.3 is 12.0 Å². The third-order valence-electron chi connectivity index (χ3n) is 2.00. The highest BCUT2D eigenvalue weighted by atomic mass is 35.5. The van der Waals surface area contributed by atoms with Crippen LogP contribution < -0.4 is 10.6 Å². The van der Waals surface area contributed by atoms with E-state index in [0.717, 1.165) is 12.1 Å². The standard InChI is InChI=1S/C11H10ClFN2O4/c12-7-5-6(13)1-2-8(7)14-11(19)15-9(16)3-4-10(17)18/h1-2,5H,3-4H2,(H,17,18)(H2,14,15,16,19). The van der Waals surface area contributed by atoms with Gasteiger partial charge in [0.15, 0.2) is 0 Å². The zero-order valence-corrected chi connectivity index (χ0v) is 10.3. The Morgan fingerprint density at radius 3 is 2.53 bits per heavy atom. The molecular weight excluding hydrogens is 279 g/mol. The fraction of sp³-hybridized carbons (Fsp3) is 0.182. The fourth-order valence-electron chi connectivity index (χ4n) is 1.15. The summed E-state index contributed by atoms with van der Waals surface area (Å²) in [6.45, 7) is 0. The molecule has 102 valence electrons. The summed E-state index contributed by atoms with van der Waals surface area (Å²) in [4.78, 5) is 32.7. The molecule has 1 aromatic carbocycles. The molecule has 0 aliphatic rings. The number of carboxylic acid groups (broad SMARTS) is 1. The Balaban J connectivity index is 2.51. The van der Waals surface area contributed by atoms with Crippen LogP contribution in [-0.4, -0.2) is 23.0 Å². The van der Waals surface area contributed by atoms with Gasteiger partial charge in [-0.25, -0.2) is 9.18 Å². The summed E-state index contributed by atoms with van der Waals surface area (Å²) in [5.74, 6) is -2.44. The monoisotopic (exact) mass is 288 g/mol. The van der Waals surface area contributed by atoms with Crippen LogP contribution in [0.5, 0.6) is 0 Å². The van der Waals surface area contributed by atoms with Crippen LogP contribution in [0.25, 0.3) is 0 Å². The number of halogens is 2. The number of aliphatic carboxylic acids is 1. The molecule has 3 amide bonds. The summed E-state index contributed by atoms with van der Waals surface area (Å²) < 4.78 is 12.7. The van der Waals surface area contributed by atoms with Crippen LogP contribution in [0.1, 0.15) is 12.8 Å². The summed E-state index contributed by atoms with van der Waals surface area (Å²) in [7, 11) is 0. The molecular formula is C11H10ClFN2O4. The topological polar surface area (TPSA) is 95.5 Å². The maximum Gasteiger partial charge on any atom is 0.325 e. The largest absolute Gasteiger partial charge is 0.481 e. The number of benzene rings is 1. The molecule has 0 saturated heterocycles. The minimum Gasteiger partial charge on any atom is -0.481 e. The zero-order chi connectivity index (χ0) is 14.4. The van der Waals surface area contributed by atoms with E-state index in [1.54, 1.807) is 0 Å². The Morgan fingerprint density at radius 2 is 1.95 bits per heavy atom. The van der Waals surface area contributed by atoms with Gasteiger partial charge in [-0.05, 0) is 18.2 Å². The molecule has 0 aromatic heterocycles. The fourth-order valence-corrected chi connectivity index (χ4v) is 1.37. The van der Waals surface area contributed by atoms with Gasteiger partial charge in [-0.3, -0.25) is 14.9 Å². The van der Waals surface area contributed by atoms with Crippen LogP contribution >= 0.6 is 11.6 Å². The second-order valence-electron chi connectivity index (χ2n) is 3.52. The Bertz CT molecular complexity index is 521. The molecule has 6 nitrogen and oxygen atoms in total. The molecule has 0 saturated carbocycles. The molecule has 8 heteroatoms. The predicted molar refractivity (Wildman–Crippen MR) is 65.4 cm³/mol. The molecule has 3 N–H and O–H groups in total.